The first-order valence-corrected chi connectivity index (χ1v) is 11.8. The van der Waals surface area contributed by atoms with Crippen LogP contribution in [0.1, 0.15) is 31.0 Å². The molecule has 9 nitrogen and oxygen atoms in total. The van der Waals surface area contributed by atoms with Gasteiger partial charge in [-0.15, -0.1) is 0 Å². The van der Waals surface area contributed by atoms with Crippen LogP contribution >= 0.6 is 11.6 Å². The highest BCUT2D eigenvalue weighted by atomic mass is 35.5. The molecule has 0 atom stereocenters. The number of carbonyl (C=O) groups excluding carboxylic acids is 2. The average Bonchev–Trinajstić information content (AvgIpc) is 3.54. The molecule has 4 rings (SSSR count). The van der Waals surface area contributed by atoms with Gasteiger partial charge in [0.05, 0.1) is 12.8 Å². The summed E-state index contributed by atoms with van der Waals surface area (Å²) >= 11 is 6.03. The summed E-state index contributed by atoms with van der Waals surface area (Å²) in [5.74, 6) is 0.534. The van der Waals surface area contributed by atoms with Gasteiger partial charge in [0.1, 0.15) is 6.07 Å². The first-order valence-electron chi connectivity index (χ1n) is 11.4. The Balaban J connectivity index is 1.36. The second kappa shape index (κ2) is 10.7. The van der Waals surface area contributed by atoms with Gasteiger partial charge in [0.15, 0.2) is 5.76 Å². The van der Waals surface area contributed by atoms with E-state index in [0.717, 1.165) is 5.56 Å². The smallest absolute Gasteiger partial charge is 0.266 e. The highest BCUT2D eigenvalue weighted by Crippen LogP contribution is 2.31. The fourth-order valence-electron chi connectivity index (χ4n) is 4.13. The van der Waals surface area contributed by atoms with E-state index in [4.69, 9.17) is 20.4 Å². The van der Waals surface area contributed by atoms with Crippen molar-refractivity contribution in [3.63, 3.8) is 0 Å². The normalized spacial score (nSPS) is 13.9. The van der Waals surface area contributed by atoms with Crippen LogP contribution in [0.2, 0.25) is 5.02 Å². The number of hydrogen-bond acceptors (Lipinski definition) is 7. The number of oxazole rings is 1. The lowest BCUT2D eigenvalue weighted by Gasteiger charge is -2.33. The van der Waals surface area contributed by atoms with Gasteiger partial charge in [0, 0.05) is 36.3 Å². The molecule has 2 amide bonds. The Morgan fingerprint density at radius 1 is 1.31 bits per heavy atom. The number of hydrogen-bond donors (Lipinski definition) is 1. The zero-order valence-electron chi connectivity index (χ0n) is 19.6. The summed E-state index contributed by atoms with van der Waals surface area (Å²) in [6.07, 6.45) is 2.66. The van der Waals surface area contributed by atoms with Crippen molar-refractivity contribution in [1.29, 1.82) is 5.26 Å². The van der Waals surface area contributed by atoms with Crippen molar-refractivity contribution >= 4 is 35.0 Å². The van der Waals surface area contributed by atoms with Gasteiger partial charge in [-0.3, -0.25) is 9.59 Å². The fraction of sp³-hybridized carbons (Fsp3) is 0.360. The monoisotopic (exact) mass is 495 g/mol. The van der Waals surface area contributed by atoms with Gasteiger partial charge >= 0.3 is 0 Å². The van der Waals surface area contributed by atoms with E-state index in [1.54, 1.807) is 29.2 Å². The van der Waals surface area contributed by atoms with Crippen molar-refractivity contribution in [2.45, 2.75) is 26.7 Å². The number of nitrogens with zero attached hydrogens (tertiary/aromatic N) is 4. The van der Waals surface area contributed by atoms with Gasteiger partial charge < -0.3 is 24.0 Å². The zero-order valence-corrected chi connectivity index (χ0v) is 20.3. The summed E-state index contributed by atoms with van der Waals surface area (Å²) in [5.41, 5.74) is 1.71. The van der Waals surface area contributed by atoms with Crippen LogP contribution in [0.4, 0.5) is 11.6 Å². The molecule has 3 heterocycles. The maximum atomic E-state index is 13.2. The number of benzene rings is 1. The van der Waals surface area contributed by atoms with E-state index in [1.807, 2.05) is 24.8 Å². The Morgan fingerprint density at radius 3 is 2.74 bits per heavy atom. The molecular weight excluding hydrogens is 470 g/mol. The van der Waals surface area contributed by atoms with E-state index in [2.05, 4.69) is 16.4 Å². The van der Waals surface area contributed by atoms with Crippen LogP contribution in [0.5, 0.6) is 0 Å². The Kier molecular flexibility index (Phi) is 7.42. The van der Waals surface area contributed by atoms with E-state index in [-0.39, 0.29) is 35.9 Å². The van der Waals surface area contributed by atoms with Crippen LogP contribution in [0.3, 0.4) is 0 Å². The first kappa shape index (κ1) is 24.4. The van der Waals surface area contributed by atoms with E-state index >= 15 is 0 Å². The standard InChI is InChI=1S/C25H26ClN5O4/c1-3-30(15-22(32)28-19-13-18(26)7-6-16(19)2)24(33)17-8-10-31(11-9-17)25-20(14-27)29-23(35-25)21-5-4-12-34-21/h4-7,12-13,17H,3,8-11,15H2,1-2H3,(H,28,32). The number of aryl methyl sites for hydroxylation is 1. The van der Waals surface area contributed by atoms with Crippen LogP contribution in [0.15, 0.2) is 45.4 Å². The van der Waals surface area contributed by atoms with Gasteiger partial charge in [-0.05, 0) is 56.5 Å². The maximum absolute atomic E-state index is 13.2. The number of aromatic nitrogens is 1. The number of carbonyl (C=O) groups is 2. The molecule has 0 spiro atoms. The quantitative estimate of drug-likeness (QED) is 0.514. The molecule has 0 unspecified atom stereocenters. The molecule has 1 fully saturated rings. The SMILES string of the molecule is CCN(CC(=O)Nc1cc(Cl)ccc1C)C(=O)C1CCN(c2oc(-c3ccco3)nc2C#N)CC1. The van der Waals surface area contributed by atoms with E-state index < -0.39 is 0 Å². The van der Waals surface area contributed by atoms with Gasteiger partial charge in [0.25, 0.3) is 5.89 Å². The molecule has 1 aromatic carbocycles. The summed E-state index contributed by atoms with van der Waals surface area (Å²) in [7, 11) is 0. The van der Waals surface area contributed by atoms with Gasteiger partial charge in [-0.1, -0.05) is 17.7 Å². The number of halogens is 1. The molecule has 3 aromatic rings. The number of likely N-dealkylation sites (N-methyl/N-ethyl adjacent to an activating group) is 1. The van der Waals surface area contributed by atoms with Gasteiger partial charge in [-0.2, -0.15) is 10.2 Å². The van der Waals surface area contributed by atoms with Crippen LogP contribution in [0.25, 0.3) is 11.7 Å². The molecule has 1 N–H and O–H groups in total. The van der Waals surface area contributed by atoms with Crippen LogP contribution in [-0.4, -0.2) is 47.9 Å². The van der Waals surface area contributed by atoms with Gasteiger partial charge in [0.2, 0.25) is 23.4 Å². The number of anilines is 2. The highest BCUT2D eigenvalue weighted by molar-refractivity contribution is 6.31. The molecular formula is C25H26ClN5O4. The Morgan fingerprint density at radius 2 is 2.09 bits per heavy atom. The van der Waals surface area contributed by atoms with Crippen molar-refractivity contribution in [3.8, 4) is 17.7 Å². The topological polar surface area (TPSA) is 116 Å². The fourth-order valence-corrected chi connectivity index (χ4v) is 4.30. The molecule has 1 aliphatic heterocycles. The predicted octanol–water partition coefficient (Wildman–Crippen LogP) is 4.47. The van der Waals surface area contributed by atoms with Gasteiger partial charge in [-0.25, -0.2) is 0 Å². The summed E-state index contributed by atoms with van der Waals surface area (Å²) in [4.78, 5) is 33.5. The number of nitrogens with one attached hydrogen (secondary N) is 1. The molecule has 0 bridgehead atoms. The van der Waals surface area contributed by atoms with Crippen LogP contribution < -0.4 is 10.2 Å². The molecule has 10 heteroatoms. The third kappa shape index (κ3) is 5.49. The Bertz CT molecular complexity index is 1240. The number of rotatable bonds is 7. The molecule has 0 saturated carbocycles. The summed E-state index contributed by atoms with van der Waals surface area (Å²) in [6.45, 7) is 5.19. The number of nitriles is 1. The van der Waals surface area contributed by atoms with Crippen molar-refractivity contribution < 1.29 is 18.4 Å². The van der Waals surface area contributed by atoms with Crippen LogP contribution in [0, 0.1) is 24.2 Å². The summed E-state index contributed by atoms with van der Waals surface area (Å²) in [6, 6.07) is 10.8. The van der Waals surface area contributed by atoms with Crippen molar-refractivity contribution in [1.82, 2.24) is 9.88 Å². The second-order valence-electron chi connectivity index (χ2n) is 8.38. The highest BCUT2D eigenvalue weighted by Gasteiger charge is 2.31. The zero-order chi connectivity index (χ0) is 24.9. The lowest BCUT2D eigenvalue weighted by molar-refractivity contribution is -0.138. The third-order valence-electron chi connectivity index (χ3n) is 6.08. The van der Waals surface area contributed by atoms with Crippen molar-refractivity contribution in [2.24, 2.45) is 5.92 Å². The lowest BCUT2D eigenvalue weighted by atomic mass is 9.95. The number of piperidine rings is 1. The van der Waals surface area contributed by atoms with Crippen LogP contribution in [-0.2, 0) is 9.59 Å². The molecule has 0 radical (unpaired) electrons. The summed E-state index contributed by atoms with van der Waals surface area (Å²) in [5, 5.41) is 12.9. The van der Waals surface area contributed by atoms with E-state index in [0.29, 0.717) is 54.8 Å². The Hall–Kier alpha value is -3.77. The molecule has 35 heavy (non-hydrogen) atoms. The van der Waals surface area contributed by atoms with E-state index in [1.165, 1.54) is 6.26 Å². The number of furan rings is 1. The first-order chi connectivity index (χ1) is 16.9. The molecule has 0 aliphatic carbocycles. The molecule has 2 aromatic heterocycles. The minimum absolute atomic E-state index is 0.0330. The predicted molar refractivity (Wildman–Crippen MR) is 131 cm³/mol. The minimum atomic E-state index is -0.270. The van der Waals surface area contributed by atoms with Crippen molar-refractivity contribution in [2.75, 3.05) is 36.4 Å². The number of amides is 2. The summed E-state index contributed by atoms with van der Waals surface area (Å²) < 4.78 is 11.1. The largest absolute Gasteiger partial charge is 0.459 e. The third-order valence-corrected chi connectivity index (χ3v) is 6.32. The van der Waals surface area contributed by atoms with Crippen molar-refractivity contribution in [3.05, 3.63) is 52.9 Å². The second-order valence-corrected chi connectivity index (χ2v) is 8.82. The minimum Gasteiger partial charge on any atom is -0.459 e. The molecule has 182 valence electrons. The molecule has 1 aliphatic rings. The molecule has 1 saturated heterocycles. The average molecular weight is 496 g/mol. The van der Waals surface area contributed by atoms with E-state index in [9.17, 15) is 14.9 Å². The maximum Gasteiger partial charge on any atom is 0.266 e. The lowest BCUT2D eigenvalue weighted by Crippen LogP contribution is -2.45. The Labute approximate surface area is 208 Å².